The van der Waals surface area contributed by atoms with E-state index in [9.17, 15) is 0 Å². The highest BCUT2D eigenvalue weighted by atomic mass is 79.9. The molecule has 0 radical (unpaired) electrons. The van der Waals surface area contributed by atoms with Gasteiger partial charge in [0.1, 0.15) is 11.5 Å². The highest BCUT2D eigenvalue weighted by Crippen LogP contribution is 2.35. The van der Waals surface area contributed by atoms with Gasteiger partial charge < -0.3 is 14.5 Å². The summed E-state index contributed by atoms with van der Waals surface area (Å²) in [6.07, 6.45) is 1.31. The van der Waals surface area contributed by atoms with Gasteiger partial charge in [0, 0.05) is 35.8 Å². The number of benzene rings is 2. The predicted octanol–water partition coefficient (Wildman–Crippen LogP) is 4.38. The molecule has 0 aromatic heterocycles. The van der Waals surface area contributed by atoms with Gasteiger partial charge in [-0.1, -0.05) is 15.9 Å². The van der Waals surface area contributed by atoms with Crippen LogP contribution in [0.4, 0.5) is 5.69 Å². The molecule has 0 amide bonds. The van der Waals surface area contributed by atoms with Gasteiger partial charge in [-0.15, -0.1) is 0 Å². The van der Waals surface area contributed by atoms with E-state index in [4.69, 9.17) is 4.74 Å². The fourth-order valence-electron chi connectivity index (χ4n) is 3.84. The van der Waals surface area contributed by atoms with Crippen molar-refractivity contribution in [2.75, 3.05) is 31.6 Å². The number of ether oxygens (including phenoxy) is 1. The number of likely N-dealkylation sites (tertiary alicyclic amines) is 1. The zero-order valence-corrected chi connectivity index (χ0v) is 14.9. The molecule has 2 aliphatic heterocycles. The van der Waals surface area contributed by atoms with Gasteiger partial charge in [-0.25, -0.2) is 0 Å². The van der Waals surface area contributed by atoms with Crippen LogP contribution in [0.15, 0.2) is 53.0 Å². The molecule has 2 fully saturated rings. The number of rotatable bonds is 3. The largest absolute Gasteiger partial charge is 0.457 e. The van der Waals surface area contributed by atoms with E-state index >= 15 is 0 Å². The van der Waals surface area contributed by atoms with E-state index < -0.39 is 0 Å². The van der Waals surface area contributed by atoms with Gasteiger partial charge in [0.2, 0.25) is 0 Å². The molecule has 0 unspecified atom stereocenters. The zero-order valence-electron chi connectivity index (χ0n) is 13.3. The van der Waals surface area contributed by atoms with Crippen LogP contribution in [0.5, 0.6) is 11.5 Å². The number of hydrogen-bond donors (Lipinski definition) is 0. The zero-order chi connectivity index (χ0) is 15.8. The van der Waals surface area contributed by atoms with E-state index in [0.29, 0.717) is 6.04 Å². The Kier molecular flexibility index (Phi) is 4.04. The average Bonchev–Trinajstić information content (AvgIpc) is 3.09. The number of hydrogen-bond acceptors (Lipinski definition) is 3. The van der Waals surface area contributed by atoms with E-state index in [-0.39, 0.29) is 0 Å². The van der Waals surface area contributed by atoms with Crippen LogP contribution in [0.3, 0.4) is 0 Å². The second kappa shape index (κ2) is 6.17. The minimum atomic E-state index is 0.679. The summed E-state index contributed by atoms with van der Waals surface area (Å²) in [5.74, 6) is 2.58. The third kappa shape index (κ3) is 3.10. The van der Waals surface area contributed by atoms with Crippen LogP contribution in [-0.2, 0) is 0 Å². The van der Waals surface area contributed by atoms with Gasteiger partial charge >= 0.3 is 0 Å². The lowest BCUT2D eigenvalue weighted by atomic mass is 10.1. The summed E-state index contributed by atoms with van der Waals surface area (Å²) in [5, 5.41) is 0. The molecular weight excluding hydrogens is 352 g/mol. The fourth-order valence-corrected chi connectivity index (χ4v) is 4.10. The number of nitrogens with zero attached hydrogens (tertiary/aromatic N) is 2. The molecule has 0 aliphatic carbocycles. The molecule has 2 aliphatic rings. The van der Waals surface area contributed by atoms with Crippen LogP contribution in [0, 0.1) is 5.92 Å². The Labute approximate surface area is 146 Å². The average molecular weight is 373 g/mol. The molecule has 2 saturated heterocycles. The predicted molar refractivity (Wildman–Crippen MR) is 97.4 cm³/mol. The first-order chi connectivity index (χ1) is 11.2. The molecule has 2 atom stereocenters. The standard InChI is InChI=1S/C19H21BrN2O/c1-21-12-14-10-11-22(19(14)13-21)16-4-8-18(9-5-16)23-17-6-2-15(20)3-7-17/h2-9,14,19H,10-13H2,1H3/t14-,19+/m1/s1. The van der Waals surface area contributed by atoms with Crippen molar-refractivity contribution in [3.63, 3.8) is 0 Å². The summed E-state index contributed by atoms with van der Waals surface area (Å²) in [4.78, 5) is 5.02. The third-order valence-corrected chi connectivity index (χ3v) is 5.48. The smallest absolute Gasteiger partial charge is 0.127 e. The van der Waals surface area contributed by atoms with Gasteiger partial charge in [-0.05, 0) is 67.9 Å². The van der Waals surface area contributed by atoms with Crippen molar-refractivity contribution in [3.05, 3.63) is 53.0 Å². The van der Waals surface area contributed by atoms with Crippen LogP contribution in [0.1, 0.15) is 6.42 Å². The first kappa shape index (κ1) is 15.0. The van der Waals surface area contributed by atoms with Gasteiger partial charge in [0.05, 0.1) is 0 Å². The molecule has 4 heteroatoms. The van der Waals surface area contributed by atoms with Gasteiger partial charge in [0.25, 0.3) is 0 Å². The van der Waals surface area contributed by atoms with E-state index in [1.165, 1.54) is 31.7 Å². The highest BCUT2D eigenvalue weighted by Gasteiger charge is 2.39. The fraction of sp³-hybridized carbons (Fsp3) is 0.368. The van der Waals surface area contributed by atoms with Crippen LogP contribution >= 0.6 is 15.9 Å². The molecular formula is C19H21BrN2O. The summed E-state index contributed by atoms with van der Waals surface area (Å²) in [7, 11) is 2.23. The van der Waals surface area contributed by atoms with Gasteiger partial charge in [-0.3, -0.25) is 0 Å². The van der Waals surface area contributed by atoms with E-state index in [2.05, 4.69) is 57.0 Å². The molecule has 4 rings (SSSR count). The maximum absolute atomic E-state index is 5.91. The minimum Gasteiger partial charge on any atom is -0.457 e. The Morgan fingerprint density at radius 2 is 1.61 bits per heavy atom. The number of fused-ring (bicyclic) bond motifs is 1. The molecule has 0 spiro atoms. The summed E-state index contributed by atoms with van der Waals surface area (Å²) < 4.78 is 6.97. The molecule has 120 valence electrons. The quantitative estimate of drug-likeness (QED) is 0.794. The number of anilines is 1. The van der Waals surface area contributed by atoms with Crippen molar-refractivity contribution < 1.29 is 4.74 Å². The lowest BCUT2D eigenvalue weighted by Crippen LogP contribution is -2.34. The highest BCUT2D eigenvalue weighted by molar-refractivity contribution is 9.10. The molecule has 0 bridgehead atoms. The Hall–Kier alpha value is -1.52. The van der Waals surface area contributed by atoms with Crippen molar-refractivity contribution in [1.29, 1.82) is 0 Å². The molecule has 3 nitrogen and oxygen atoms in total. The van der Waals surface area contributed by atoms with Crippen molar-refractivity contribution in [3.8, 4) is 11.5 Å². The Morgan fingerprint density at radius 1 is 0.957 bits per heavy atom. The maximum atomic E-state index is 5.91. The summed E-state index contributed by atoms with van der Waals surface area (Å²) in [5.41, 5.74) is 1.32. The van der Waals surface area contributed by atoms with Crippen molar-refractivity contribution in [2.45, 2.75) is 12.5 Å². The SMILES string of the molecule is CN1C[C@H]2CCN(c3ccc(Oc4ccc(Br)cc4)cc3)[C@H]2C1. The number of halogens is 1. The maximum Gasteiger partial charge on any atom is 0.127 e. The Morgan fingerprint density at radius 3 is 2.30 bits per heavy atom. The summed E-state index contributed by atoms with van der Waals surface area (Å²) >= 11 is 3.44. The van der Waals surface area contributed by atoms with Gasteiger partial charge in [-0.2, -0.15) is 0 Å². The normalized spacial score (nSPS) is 24.0. The third-order valence-electron chi connectivity index (χ3n) is 4.95. The number of likely N-dealkylation sites (N-methyl/N-ethyl adjacent to an activating group) is 1. The molecule has 23 heavy (non-hydrogen) atoms. The van der Waals surface area contributed by atoms with Crippen LogP contribution in [0.2, 0.25) is 0 Å². The Balaban J connectivity index is 1.47. The van der Waals surface area contributed by atoms with E-state index in [1.807, 2.05) is 24.3 Å². The molecule has 0 N–H and O–H groups in total. The second-order valence-corrected chi connectivity index (χ2v) is 7.50. The summed E-state index contributed by atoms with van der Waals surface area (Å²) in [6.45, 7) is 3.60. The van der Waals surface area contributed by atoms with Crippen LogP contribution in [0.25, 0.3) is 0 Å². The van der Waals surface area contributed by atoms with E-state index in [0.717, 1.165) is 21.9 Å². The van der Waals surface area contributed by atoms with Crippen molar-refractivity contribution in [2.24, 2.45) is 5.92 Å². The topological polar surface area (TPSA) is 15.7 Å². The molecule has 2 heterocycles. The lowest BCUT2D eigenvalue weighted by Gasteiger charge is -2.26. The first-order valence-corrected chi connectivity index (χ1v) is 8.97. The van der Waals surface area contributed by atoms with Crippen LogP contribution < -0.4 is 9.64 Å². The Bertz CT molecular complexity index is 671. The molecule has 0 saturated carbocycles. The first-order valence-electron chi connectivity index (χ1n) is 8.18. The van der Waals surface area contributed by atoms with E-state index in [1.54, 1.807) is 0 Å². The van der Waals surface area contributed by atoms with Crippen LogP contribution in [-0.4, -0.2) is 37.6 Å². The van der Waals surface area contributed by atoms with Crippen molar-refractivity contribution in [1.82, 2.24) is 4.90 Å². The molecule has 2 aromatic rings. The second-order valence-electron chi connectivity index (χ2n) is 6.58. The summed E-state index contributed by atoms with van der Waals surface area (Å²) in [6, 6.07) is 17.1. The van der Waals surface area contributed by atoms with Crippen molar-refractivity contribution >= 4 is 21.6 Å². The minimum absolute atomic E-state index is 0.679. The monoisotopic (exact) mass is 372 g/mol. The lowest BCUT2D eigenvalue weighted by molar-refractivity contribution is 0.386. The van der Waals surface area contributed by atoms with Gasteiger partial charge in [0.15, 0.2) is 0 Å². The molecule has 2 aromatic carbocycles.